The lowest BCUT2D eigenvalue weighted by Crippen LogP contribution is -2.30. The molecule has 4 rings (SSSR count). The molecule has 0 saturated carbocycles. The molecular weight excluding hydrogens is 1410 g/mol. The number of hydrogen-bond donors (Lipinski definition) is 3. The van der Waals surface area contributed by atoms with Gasteiger partial charge in [0.2, 0.25) is 0 Å². The van der Waals surface area contributed by atoms with E-state index >= 15 is 0 Å². The van der Waals surface area contributed by atoms with Gasteiger partial charge in [0.1, 0.15) is 0 Å². The van der Waals surface area contributed by atoms with Crippen LogP contribution in [0.1, 0.15) is 479 Å². The maximum atomic E-state index is 8.36. The first-order chi connectivity index (χ1) is 54.7. The van der Waals surface area contributed by atoms with Gasteiger partial charge >= 0.3 is 0 Å². The summed E-state index contributed by atoms with van der Waals surface area (Å²) in [7, 11) is 18.4. The van der Waals surface area contributed by atoms with Gasteiger partial charge in [0.15, 0.2) is 0 Å². The van der Waals surface area contributed by atoms with Gasteiger partial charge < -0.3 is 59.3 Å². The van der Waals surface area contributed by atoms with Crippen LogP contribution in [0.4, 0.5) is 0 Å². The van der Waals surface area contributed by atoms with Crippen molar-refractivity contribution >= 4 is 0 Å². The summed E-state index contributed by atoms with van der Waals surface area (Å²) in [6.07, 6.45) is 50.5. The highest BCUT2D eigenvalue weighted by atomic mass is 16.5. The first kappa shape index (κ1) is 155. The Hall–Kier alpha value is -0.480. The Morgan fingerprint density at radius 2 is 0.539 bits per heavy atom. The van der Waals surface area contributed by atoms with Crippen molar-refractivity contribution in [1.82, 2.24) is 39.2 Å². The van der Waals surface area contributed by atoms with Crippen molar-refractivity contribution in [1.29, 1.82) is 0 Å². The Balaban J connectivity index is -0.0000000588. The smallest absolute Gasteiger partial charge is 0.0509 e. The van der Waals surface area contributed by atoms with Gasteiger partial charge in [-0.1, -0.05) is 355 Å². The monoisotopic (exact) mass is 1660 g/mol. The lowest BCUT2D eigenvalue weighted by atomic mass is 10.1. The molecule has 0 radical (unpaired) electrons. The average Bonchev–Trinajstić information content (AvgIpc) is 2.00. The number of piperidine rings is 2. The van der Waals surface area contributed by atoms with E-state index in [1.807, 2.05) is 20.8 Å². The minimum atomic E-state index is -0.116. The highest BCUT2D eigenvalue weighted by Crippen LogP contribution is 2.10. The van der Waals surface area contributed by atoms with Crippen molar-refractivity contribution in [2.45, 2.75) is 492 Å². The van der Waals surface area contributed by atoms with Crippen molar-refractivity contribution in [3.05, 3.63) is 0 Å². The molecule has 115 heavy (non-hydrogen) atoms. The van der Waals surface area contributed by atoms with Crippen molar-refractivity contribution in [3.8, 4) is 0 Å². The van der Waals surface area contributed by atoms with Crippen LogP contribution in [-0.2, 0) is 4.74 Å². The van der Waals surface area contributed by atoms with E-state index in [9.17, 15) is 0 Å². The van der Waals surface area contributed by atoms with E-state index in [1.165, 1.54) is 323 Å². The van der Waals surface area contributed by atoms with Gasteiger partial charge in [-0.25, -0.2) is 0 Å². The number of methoxy groups -OCH3 is 1. The minimum Gasteiger partial charge on any atom is -0.397 e. The van der Waals surface area contributed by atoms with Crippen LogP contribution in [0.25, 0.3) is 0 Å². The Labute approximate surface area is 740 Å². The van der Waals surface area contributed by atoms with E-state index in [0.717, 1.165) is 43.9 Å². The summed E-state index contributed by atoms with van der Waals surface area (Å²) in [6, 6.07) is 0.736. The third-order valence-corrected chi connectivity index (χ3v) is 18.2. The molecule has 724 valence electrons. The largest absolute Gasteiger partial charge is 0.397 e. The second-order valence-corrected chi connectivity index (χ2v) is 32.4. The van der Waals surface area contributed by atoms with Gasteiger partial charge in [0.25, 0.3) is 0 Å². The van der Waals surface area contributed by atoms with Crippen molar-refractivity contribution < 1.29 is 20.1 Å². The van der Waals surface area contributed by atoms with E-state index < -0.39 is 0 Å². The number of likely N-dealkylation sites (tertiary alicyclic amines) is 4. The van der Waals surface area contributed by atoms with E-state index in [4.69, 9.17) is 15.3 Å². The lowest BCUT2D eigenvalue weighted by molar-refractivity contribution is 0.191. The van der Waals surface area contributed by atoms with Gasteiger partial charge in [-0.2, -0.15) is 0 Å². The highest BCUT2D eigenvalue weighted by molar-refractivity contribution is 4.66. The predicted molar refractivity (Wildman–Crippen MR) is 546 cm³/mol. The van der Waals surface area contributed by atoms with Crippen LogP contribution >= 0.6 is 0 Å². The van der Waals surface area contributed by atoms with Gasteiger partial charge in [0.05, 0.1) is 6.10 Å². The Kier molecular flexibility index (Phi) is 227. The zero-order valence-electron chi connectivity index (χ0n) is 90.2. The fourth-order valence-corrected chi connectivity index (χ4v) is 7.98. The molecule has 0 bridgehead atoms. The van der Waals surface area contributed by atoms with Gasteiger partial charge in [0, 0.05) is 33.0 Å². The second-order valence-electron chi connectivity index (χ2n) is 32.4. The molecule has 0 spiro atoms. The zero-order chi connectivity index (χ0) is 93.2. The molecule has 4 fully saturated rings. The Morgan fingerprint density at radius 1 is 0.304 bits per heavy atom. The lowest BCUT2D eigenvalue weighted by Gasteiger charge is -2.25. The first-order valence-electron chi connectivity index (χ1n) is 50.6. The SMILES string of the molecule is CCC.CCC(C)C.CCC(C)CC.CCC(C)N(C)C.CCC(C)O.CCCC.CCCC.CCCC.CCCCC.CCCCC.CCCCCC.CCCCN(C)C.CCCN(C)C.CCCN1CCCC1.CCCN1CCCCC1.CCCO.CCN(C)C.CCN1CCCC1.CCN1CCCCC1.CCO.CCOC. The number of hydrogen-bond acceptors (Lipinski definition) is 12. The Morgan fingerprint density at radius 3 is 0.617 bits per heavy atom. The van der Waals surface area contributed by atoms with E-state index in [-0.39, 0.29) is 12.7 Å². The van der Waals surface area contributed by atoms with Gasteiger partial charge in [-0.15, -0.1) is 0 Å². The fourth-order valence-electron chi connectivity index (χ4n) is 7.98. The summed E-state index contributed by atoms with van der Waals surface area (Å²) in [5.41, 5.74) is 0. The molecule has 12 heteroatoms. The van der Waals surface area contributed by atoms with Crippen LogP contribution in [-0.4, -0.2) is 248 Å². The maximum absolute atomic E-state index is 8.36. The third-order valence-electron chi connectivity index (χ3n) is 18.2. The standard InChI is InChI=1S/C8H17N.2C7H15N.C6H13N.2C6H15N.2C6H14.C5H13N.3C5H12.C4H11N.C4H10O.3C4H10.2C3H8O.C3H8.C2H6O/c1-2-6-9-7-4-3-5-8-9;1-2-8-6-4-3-5-7-8;1-2-5-8-6-3-4-7-8;1-2-7-5-3-4-6-7;1-5-6(2)7(3)4;1-4-5-6-7(2)3;1-4-6(3)5-2;1-3-5-6-4-2;1-4-5-6(2)3;1-4-5(2)3;2*1-3-5-4-2;1-4-5(2)3;1-3-4(2)5;4*1-3-4-2;1-2-3-4;1-3-2;1-2-3/h2-8H2,1H3;2*2-7H2,1H3;2-6H2,1H3;6H,5H2,1-4H3;4-6H2,1-3H3;6H,4-5H2,1-3H3;3-6H2,1-2H3;4-5H2,1-3H3;5H,4H2,1-3H3;2*3-5H2,1-2H3;4H2,1-3H3;4-5H,3H2,1-2H3;3*3-4H2,1-2H3;3H2,1-2H3;4H,2-3H2,1H3;3H2,1-2H3;3H,2H2,1H3. The molecular formula is C103H248N8O4. The van der Waals surface area contributed by atoms with Crippen molar-refractivity contribution in [3.63, 3.8) is 0 Å². The number of aliphatic hydroxyl groups excluding tert-OH is 3. The number of aliphatic hydroxyl groups is 3. The van der Waals surface area contributed by atoms with Crippen molar-refractivity contribution in [2.24, 2.45) is 11.8 Å². The van der Waals surface area contributed by atoms with Crippen LogP contribution in [0.5, 0.6) is 0 Å². The molecule has 4 saturated heterocycles. The summed E-state index contributed by atoms with van der Waals surface area (Å²) in [6.45, 7) is 94.1. The second kappa shape index (κ2) is 168. The fraction of sp³-hybridized carbons (Fsp3) is 1.00. The molecule has 12 nitrogen and oxygen atoms in total. The molecule has 0 aromatic heterocycles. The van der Waals surface area contributed by atoms with E-state index in [2.05, 4.69) is 301 Å². The van der Waals surface area contributed by atoms with Crippen LogP contribution in [0.15, 0.2) is 0 Å². The molecule has 0 aromatic carbocycles. The first-order valence-corrected chi connectivity index (χ1v) is 50.6. The molecule has 0 amide bonds. The summed E-state index contributed by atoms with van der Waals surface area (Å²) in [5.74, 6) is 1.82. The van der Waals surface area contributed by atoms with Crippen LogP contribution in [0.2, 0.25) is 0 Å². The molecule has 4 aliphatic heterocycles. The maximum Gasteiger partial charge on any atom is 0.0509 e. The summed E-state index contributed by atoms with van der Waals surface area (Å²) < 4.78 is 4.54. The molecule has 4 aliphatic rings. The quantitative estimate of drug-likeness (QED) is 0.0598. The number of ether oxygens (including phenoxy) is 1. The molecule has 3 N–H and O–H groups in total. The average molecular weight is 1660 g/mol. The zero-order valence-corrected chi connectivity index (χ0v) is 90.2. The van der Waals surface area contributed by atoms with Gasteiger partial charge in [-0.05, 0) is 290 Å². The predicted octanol–water partition coefficient (Wildman–Crippen LogP) is 30.3. The van der Waals surface area contributed by atoms with Gasteiger partial charge in [-0.3, -0.25) is 0 Å². The summed E-state index contributed by atoms with van der Waals surface area (Å²) in [5, 5.41) is 23.8. The van der Waals surface area contributed by atoms with Crippen LogP contribution < -0.4 is 0 Å². The number of rotatable bonds is 30. The summed E-state index contributed by atoms with van der Waals surface area (Å²) >= 11 is 0. The molecule has 0 aromatic rings. The number of nitrogens with zero attached hydrogens (tertiary/aromatic N) is 8. The summed E-state index contributed by atoms with van der Waals surface area (Å²) in [4.78, 5) is 18.9. The molecule has 4 heterocycles. The topological polar surface area (TPSA) is 95.8 Å². The molecule has 0 aliphatic carbocycles. The number of unbranched alkanes of at least 4 members (excludes halogenated alkanes) is 11. The Bertz CT molecular complexity index is 1170. The van der Waals surface area contributed by atoms with E-state index in [1.54, 1.807) is 21.0 Å². The minimum absolute atomic E-state index is 0.116. The normalized spacial score (nSPS) is 13.3. The highest BCUT2D eigenvalue weighted by Gasteiger charge is 2.10. The molecule has 2 atom stereocenters. The van der Waals surface area contributed by atoms with Crippen LogP contribution in [0, 0.1) is 11.8 Å². The third kappa shape index (κ3) is 254. The van der Waals surface area contributed by atoms with Crippen LogP contribution in [0.3, 0.4) is 0 Å². The van der Waals surface area contributed by atoms with E-state index in [0.29, 0.717) is 6.61 Å². The molecule has 2 unspecified atom stereocenters. The van der Waals surface area contributed by atoms with Crippen molar-refractivity contribution in [2.75, 3.05) is 181 Å².